The average Bonchev–Trinajstić information content (AvgIpc) is 2.84. The lowest BCUT2D eigenvalue weighted by Crippen LogP contribution is -2.16. The molecule has 3 heteroatoms. The molecule has 1 aliphatic carbocycles. The van der Waals surface area contributed by atoms with Gasteiger partial charge < -0.3 is 5.32 Å². The third-order valence-corrected chi connectivity index (χ3v) is 2.01. The van der Waals surface area contributed by atoms with Gasteiger partial charge in [0.2, 0.25) is 0 Å². The normalized spacial score (nSPS) is 16.4. The first-order valence-electron chi connectivity index (χ1n) is 4.35. The van der Waals surface area contributed by atoms with Crippen molar-refractivity contribution in [2.75, 3.05) is 0 Å². The predicted molar refractivity (Wildman–Crippen MR) is 46.6 cm³/mol. The van der Waals surface area contributed by atoms with Gasteiger partial charge in [-0.25, -0.2) is 9.97 Å². The van der Waals surface area contributed by atoms with E-state index in [0.717, 1.165) is 24.0 Å². The highest BCUT2D eigenvalue weighted by Gasteiger charge is 2.19. The second kappa shape index (κ2) is 3.19. The molecule has 0 spiro atoms. The number of aryl methyl sites for hydroxylation is 1. The molecule has 0 saturated heterocycles. The van der Waals surface area contributed by atoms with Gasteiger partial charge in [-0.3, -0.25) is 0 Å². The van der Waals surface area contributed by atoms with E-state index in [4.69, 9.17) is 0 Å². The van der Waals surface area contributed by atoms with E-state index < -0.39 is 0 Å². The lowest BCUT2D eigenvalue weighted by atomic mass is 10.3. The minimum atomic E-state index is 0.750. The summed E-state index contributed by atoms with van der Waals surface area (Å²) in [6, 6.07) is 2.77. The van der Waals surface area contributed by atoms with Crippen molar-refractivity contribution in [3.05, 3.63) is 23.8 Å². The minimum Gasteiger partial charge on any atom is -0.308 e. The molecule has 0 amide bonds. The lowest BCUT2D eigenvalue weighted by Gasteiger charge is -2.01. The van der Waals surface area contributed by atoms with Crippen LogP contribution in [0.25, 0.3) is 0 Å². The molecule has 1 N–H and O–H groups in total. The van der Waals surface area contributed by atoms with Crippen LogP contribution in [-0.2, 0) is 6.54 Å². The Bertz CT molecular complexity index is 268. The monoisotopic (exact) mass is 163 g/mol. The first-order valence-corrected chi connectivity index (χ1v) is 4.35. The van der Waals surface area contributed by atoms with Crippen LogP contribution < -0.4 is 5.32 Å². The summed E-state index contributed by atoms with van der Waals surface area (Å²) in [6.45, 7) is 2.87. The van der Waals surface area contributed by atoms with Crippen molar-refractivity contribution < 1.29 is 0 Å². The highest BCUT2D eigenvalue weighted by atomic mass is 15.0. The number of hydrogen-bond acceptors (Lipinski definition) is 3. The minimum absolute atomic E-state index is 0.750. The molecule has 1 aliphatic rings. The Balaban J connectivity index is 1.92. The quantitative estimate of drug-likeness (QED) is 0.723. The molecule has 0 atom stereocenters. The number of nitrogens with one attached hydrogen (secondary N) is 1. The van der Waals surface area contributed by atoms with Gasteiger partial charge in [-0.05, 0) is 25.8 Å². The topological polar surface area (TPSA) is 37.8 Å². The van der Waals surface area contributed by atoms with Crippen molar-refractivity contribution in [2.45, 2.75) is 32.4 Å². The van der Waals surface area contributed by atoms with Crippen LogP contribution in [0.2, 0.25) is 0 Å². The van der Waals surface area contributed by atoms with Crippen molar-refractivity contribution in [3.8, 4) is 0 Å². The Morgan fingerprint density at radius 2 is 2.33 bits per heavy atom. The molecule has 0 aliphatic heterocycles. The summed E-state index contributed by atoms with van der Waals surface area (Å²) in [5.41, 5.74) is 2.13. The second-order valence-corrected chi connectivity index (χ2v) is 3.31. The van der Waals surface area contributed by atoms with Gasteiger partial charge in [0.05, 0.1) is 5.69 Å². The summed E-state index contributed by atoms with van der Waals surface area (Å²) < 4.78 is 0. The smallest absolute Gasteiger partial charge is 0.115 e. The Morgan fingerprint density at radius 1 is 1.50 bits per heavy atom. The molecule has 1 saturated carbocycles. The van der Waals surface area contributed by atoms with Crippen LogP contribution in [0.5, 0.6) is 0 Å². The molecule has 0 radical (unpaired) electrons. The third-order valence-electron chi connectivity index (χ3n) is 2.01. The summed E-state index contributed by atoms with van der Waals surface area (Å²) in [7, 11) is 0. The number of rotatable bonds is 3. The molecule has 0 unspecified atom stereocenters. The summed E-state index contributed by atoms with van der Waals surface area (Å²) in [5.74, 6) is 0. The van der Waals surface area contributed by atoms with Crippen molar-refractivity contribution >= 4 is 0 Å². The van der Waals surface area contributed by atoms with E-state index in [1.165, 1.54) is 12.8 Å². The fraction of sp³-hybridized carbons (Fsp3) is 0.556. The zero-order chi connectivity index (χ0) is 8.39. The van der Waals surface area contributed by atoms with Crippen LogP contribution in [0.3, 0.4) is 0 Å². The summed E-state index contributed by atoms with van der Waals surface area (Å²) in [6.07, 6.45) is 4.27. The largest absolute Gasteiger partial charge is 0.308 e. The number of aromatic nitrogens is 2. The molecular weight excluding hydrogens is 150 g/mol. The maximum atomic E-state index is 4.17. The molecule has 1 fully saturated rings. The molecule has 1 aromatic rings. The third kappa shape index (κ3) is 2.01. The summed E-state index contributed by atoms with van der Waals surface area (Å²) in [5, 5.41) is 3.41. The molecular formula is C9H13N3. The van der Waals surface area contributed by atoms with Gasteiger partial charge in [0.25, 0.3) is 0 Å². The van der Waals surface area contributed by atoms with Gasteiger partial charge in [0.1, 0.15) is 6.33 Å². The highest BCUT2D eigenvalue weighted by molar-refractivity contribution is 5.06. The van der Waals surface area contributed by atoms with Gasteiger partial charge in [-0.1, -0.05) is 0 Å². The van der Waals surface area contributed by atoms with E-state index in [1.54, 1.807) is 6.33 Å². The molecule has 1 heterocycles. The Labute approximate surface area is 72.2 Å². The van der Waals surface area contributed by atoms with Crippen LogP contribution in [-0.4, -0.2) is 16.0 Å². The van der Waals surface area contributed by atoms with Crippen molar-refractivity contribution in [1.82, 2.24) is 15.3 Å². The number of nitrogens with zero attached hydrogens (tertiary/aromatic N) is 2. The van der Waals surface area contributed by atoms with Crippen LogP contribution in [0.4, 0.5) is 0 Å². The Kier molecular flexibility index (Phi) is 2.04. The first-order chi connectivity index (χ1) is 5.84. The summed E-state index contributed by atoms with van der Waals surface area (Å²) >= 11 is 0. The maximum absolute atomic E-state index is 4.17. The molecule has 12 heavy (non-hydrogen) atoms. The molecule has 1 aromatic heterocycles. The van der Waals surface area contributed by atoms with E-state index in [2.05, 4.69) is 15.3 Å². The molecule has 64 valence electrons. The van der Waals surface area contributed by atoms with Crippen molar-refractivity contribution in [2.24, 2.45) is 0 Å². The van der Waals surface area contributed by atoms with E-state index in [0.29, 0.717) is 0 Å². The van der Waals surface area contributed by atoms with Crippen LogP contribution in [0, 0.1) is 6.92 Å². The Hall–Kier alpha value is -0.960. The highest BCUT2D eigenvalue weighted by Crippen LogP contribution is 2.18. The fourth-order valence-electron chi connectivity index (χ4n) is 1.14. The maximum Gasteiger partial charge on any atom is 0.115 e. The molecule has 3 nitrogen and oxygen atoms in total. The average molecular weight is 163 g/mol. The van der Waals surface area contributed by atoms with Crippen LogP contribution in [0.15, 0.2) is 12.4 Å². The lowest BCUT2D eigenvalue weighted by molar-refractivity contribution is 0.671. The SMILES string of the molecule is Cc1cc(CNC2CC2)ncn1. The molecule has 0 aromatic carbocycles. The zero-order valence-corrected chi connectivity index (χ0v) is 7.25. The van der Waals surface area contributed by atoms with E-state index in [-0.39, 0.29) is 0 Å². The van der Waals surface area contributed by atoms with Gasteiger partial charge in [-0.2, -0.15) is 0 Å². The van der Waals surface area contributed by atoms with Crippen molar-refractivity contribution in [1.29, 1.82) is 0 Å². The van der Waals surface area contributed by atoms with Gasteiger partial charge in [-0.15, -0.1) is 0 Å². The van der Waals surface area contributed by atoms with Crippen LogP contribution in [0.1, 0.15) is 24.2 Å². The first kappa shape index (κ1) is 7.68. The number of hydrogen-bond donors (Lipinski definition) is 1. The fourth-order valence-corrected chi connectivity index (χ4v) is 1.14. The summed E-state index contributed by atoms with van der Waals surface area (Å²) in [4.78, 5) is 8.21. The van der Waals surface area contributed by atoms with E-state index >= 15 is 0 Å². The second-order valence-electron chi connectivity index (χ2n) is 3.31. The molecule has 0 bridgehead atoms. The van der Waals surface area contributed by atoms with Gasteiger partial charge >= 0.3 is 0 Å². The zero-order valence-electron chi connectivity index (χ0n) is 7.25. The van der Waals surface area contributed by atoms with Crippen molar-refractivity contribution in [3.63, 3.8) is 0 Å². The van der Waals surface area contributed by atoms with E-state index in [1.807, 2.05) is 13.0 Å². The van der Waals surface area contributed by atoms with Crippen LogP contribution >= 0.6 is 0 Å². The van der Waals surface area contributed by atoms with Gasteiger partial charge in [0.15, 0.2) is 0 Å². The predicted octanol–water partition coefficient (Wildman–Crippen LogP) is 1.04. The molecule has 2 rings (SSSR count). The van der Waals surface area contributed by atoms with Gasteiger partial charge in [0, 0.05) is 18.3 Å². The Morgan fingerprint density at radius 3 is 3.00 bits per heavy atom. The van der Waals surface area contributed by atoms with E-state index in [9.17, 15) is 0 Å². The standard InChI is InChI=1S/C9H13N3/c1-7-4-9(12-6-11-7)5-10-8-2-3-8/h4,6,8,10H,2-3,5H2,1H3.